The van der Waals surface area contributed by atoms with Gasteiger partial charge in [0.2, 0.25) is 11.8 Å². The van der Waals surface area contributed by atoms with E-state index in [1.54, 1.807) is 9.80 Å². The number of hydrogen-bond acceptors (Lipinski definition) is 4. The van der Waals surface area contributed by atoms with Crippen LogP contribution in [0.3, 0.4) is 0 Å². The molecule has 2 aliphatic heterocycles. The Morgan fingerprint density at radius 1 is 1.25 bits per heavy atom. The summed E-state index contributed by atoms with van der Waals surface area (Å²) in [5, 5.41) is 0. The molecule has 2 saturated heterocycles. The highest BCUT2D eigenvalue weighted by Gasteiger charge is 2.40. The summed E-state index contributed by atoms with van der Waals surface area (Å²) in [5.74, 6) is -0.241. The molecule has 2 atom stereocenters. The number of rotatable bonds is 7. The number of likely N-dealkylation sites (tertiary alicyclic amines) is 1. The first-order valence-corrected chi connectivity index (χ1v) is 12.0. The van der Waals surface area contributed by atoms with Crippen molar-refractivity contribution in [1.82, 2.24) is 9.80 Å². The molecule has 2 fully saturated rings. The van der Waals surface area contributed by atoms with E-state index in [0.29, 0.717) is 26.1 Å². The van der Waals surface area contributed by atoms with E-state index in [2.05, 4.69) is 6.92 Å². The Bertz CT molecular complexity index is 819. The maximum absolute atomic E-state index is 13.2. The highest BCUT2D eigenvalue weighted by molar-refractivity contribution is 7.91. The predicted octanol–water partition coefficient (Wildman–Crippen LogP) is 2.16. The monoisotopic (exact) mass is 406 g/mol. The van der Waals surface area contributed by atoms with Gasteiger partial charge in [-0.25, -0.2) is 8.42 Å². The van der Waals surface area contributed by atoms with Gasteiger partial charge in [-0.15, -0.1) is 0 Å². The largest absolute Gasteiger partial charge is 0.338 e. The fourth-order valence-corrected chi connectivity index (χ4v) is 5.79. The molecular weight excluding hydrogens is 376 g/mol. The third-order valence-corrected chi connectivity index (χ3v) is 7.49. The van der Waals surface area contributed by atoms with Crippen molar-refractivity contribution in [2.24, 2.45) is 5.92 Å². The average molecular weight is 407 g/mol. The van der Waals surface area contributed by atoms with Crippen molar-refractivity contribution in [1.29, 1.82) is 0 Å². The van der Waals surface area contributed by atoms with Crippen LogP contribution in [0.4, 0.5) is 0 Å². The van der Waals surface area contributed by atoms with Gasteiger partial charge >= 0.3 is 0 Å². The molecule has 0 aromatic heterocycles. The summed E-state index contributed by atoms with van der Waals surface area (Å²) in [6.45, 7) is 5.56. The smallest absolute Gasteiger partial charge is 0.228 e. The second-order valence-corrected chi connectivity index (χ2v) is 10.3. The lowest BCUT2D eigenvalue weighted by atomic mass is 10.0. The van der Waals surface area contributed by atoms with Crippen molar-refractivity contribution in [2.45, 2.75) is 52.1 Å². The molecule has 3 rings (SSSR count). The lowest BCUT2D eigenvalue weighted by Gasteiger charge is -2.30. The second-order valence-electron chi connectivity index (χ2n) is 8.10. The van der Waals surface area contributed by atoms with E-state index in [9.17, 15) is 18.0 Å². The van der Waals surface area contributed by atoms with Crippen molar-refractivity contribution < 1.29 is 18.0 Å². The quantitative estimate of drug-likeness (QED) is 0.695. The molecule has 0 spiro atoms. The van der Waals surface area contributed by atoms with Crippen molar-refractivity contribution >= 4 is 21.7 Å². The van der Waals surface area contributed by atoms with Gasteiger partial charge in [0.1, 0.15) is 0 Å². The highest BCUT2D eigenvalue weighted by atomic mass is 32.2. The molecule has 1 aromatic carbocycles. The molecule has 6 nitrogen and oxygen atoms in total. The van der Waals surface area contributed by atoms with Crippen molar-refractivity contribution in [3.05, 3.63) is 35.4 Å². The van der Waals surface area contributed by atoms with Crippen LogP contribution < -0.4 is 0 Å². The molecule has 7 heteroatoms. The molecule has 0 saturated carbocycles. The van der Waals surface area contributed by atoms with E-state index in [-0.39, 0.29) is 41.7 Å². The molecule has 0 N–H and O–H groups in total. The third kappa shape index (κ3) is 4.93. The summed E-state index contributed by atoms with van der Waals surface area (Å²) in [6, 6.07) is 7.81. The molecule has 2 aliphatic rings. The maximum Gasteiger partial charge on any atom is 0.228 e. The normalized spacial score (nSPS) is 23.9. The van der Waals surface area contributed by atoms with Crippen LogP contribution >= 0.6 is 0 Å². The molecule has 0 bridgehead atoms. The molecule has 1 aromatic rings. The molecule has 2 heterocycles. The highest BCUT2D eigenvalue weighted by Crippen LogP contribution is 2.26. The van der Waals surface area contributed by atoms with Gasteiger partial charge in [-0.3, -0.25) is 9.59 Å². The van der Waals surface area contributed by atoms with Crippen LogP contribution in [0, 0.1) is 12.8 Å². The zero-order chi connectivity index (χ0) is 20.3. The Morgan fingerprint density at radius 3 is 2.57 bits per heavy atom. The minimum atomic E-state index is -3.06. The summed E-state index contributed by atoms with van der Waals surface area (Å²) in [5.41, 5.74) is 2.22. The van der Waals surface area contributed by atoms with Gasteiger partial charge in [-0.1, -0.05) is 43.2 Å². The molecule has 28 heavy (non-hydrogen) atoms. The van der Waals surface area contributed by atoms with Crippen LogP contribution in [0.5, 0.6) is 0 Å². The number of unbranched alkanes of at least 4 members (excludes halogenated alkanes) is 1. The standard InChI is InChI=1S/C21H30N2O4S/c1-3-4-10-23(19-9-11-28(26,27)15-19)21(25)18-12-20(24)22(14-18)13-17-7-5-16(2)6-8-17/h5-8,18-19H,3-4,9-15H2,1-2H3. The van der Waals surface area contributed by atoms with Crippen molar-refractivity contribution in [3.8, 4) is 0 Å². The van der Waals surface area contributed by atoms with E-state index in [0.717, 1.165) is 18.4 Å². The zero-order valence-corrected chi connectivity index (χ0v) is 17.6. The first kappa shape index (κ1) is 20.8. The summed E-state index contributed by atoms with van der Waals surface area (Å²) >= 11 is 0. The Balaban J connectivity index is 1.67. The van der Waals surface area contributed by atoms with Gasteiger partial charge in [0.05, 0.1) is 17.4 Å². The molecule has 0 radical (unpaired) electrons. The van der Waals surface area contributed by atoms with E-state index < -0.39 is 9.84 Å². The van der Waals surface area contributed by atoms with Crippen LogP contribution in [-0.4, -0.2) is 60.7 Å². The van der Waals surface area contributed by atoms with Gasteiger partial charge in [-0.05, 0) is 25.3 Å². The van der Waals surface area contributed by atoms with E-state index >= 15 is 0 Å². The number of sulfone groups is 1. The summed E-state index contributed by atoms with van der Waals surface area (Å²) in [4.78, 5) is 29.2. The second kappa shape index (κ2) is 8.64. The summed E-state index contributed by atoms with van der Waals surface area (Å²) in [6.07, 6.45) is 2.50. The zero-order valence-electron chi connectivity index (χ0n) is 16.8. The van der Waals surface area contributed by atoms with Crippen LogP contribution in [0.2, 0.25) is 0 Å². The molecule has 0 aliphatic carbocycles. The van der Waals surface area contributed by atoms with Gasteiger partial charge in [0.15, 0.2) is 9.84 Å². The van der Waals surface area contributed by atoms with Gasteiger partial charge in [0, 0.05) is 32.1 Å². The molecule has 2 amide bonds. The first-order chi connectivity index (χ1) is 13.3. The maximum atomic E-state index is 13.2. The average Bonchev–Trinajstić information content (AvgIpc) is 3.19. The number of benzene rings is 1. The van der Waals surface area contributed by atoms with Crippen molar-refractivity contribution in [2.75, 3.05) is 24.6 Å². The first-order valence-electron chi connectivity index (χ1n) is 10.1. The fraction of sp³-hybridized carbons (Fsp3) is 0.619. The Morgan fingerprint density at radius 2 is 1.96 bits per heavy atom. The third-order valence-electron chi connectivity index (χ3n) is 5.74. The van der Waals surface area contributed by atoms with E-state index in [1.807, 2.05) is 31.2 Å². The van der Waals surface area contributed by atoms with Crippen LogP contribution in [0.1, 0.15) is 43.7 Å². The number of amides is 2. The SMILES string of the molecule is CCCCN(C(=O)C1CC(=O)N(Cc2ccc(C)cc2)C1)C1CCS(=O)(=O)C1. The van der Waals surface area contributed by atoms with Gasteiger partial charge in [0.25, 0.3) is 0 Å². The van der Waals surface area contributed by atoms with E-state index in [1.165, 1.54) is 5.56 Å². The summed E-state index contributed by atoms with van der Waals surface area (Å²) in [7, 11) is -3.06. The molecule has 2 unspecified atom stereocenters. The van der Waals surface area contributed by atoms with Gasteiger partial charge in [-0.2, -0.15) is 0 Å². The van der Waals surface area contributed by atoms with Crippen molar-refractivity contribution in [3.63, 3.8) is 0 Å². The van der Waals surface area contributed by atoms with E-state index in [4.69, 9.17) is 0 Å². The summed E-state index contributed by atoms with van der Waals surface area (Å²) < 4.78 is 23.8. The molecule has 154 valence electrons. The van der Waals surface area contributed by atoms with Crippen LogP contribution in [-0.2, 0) is 26.0 Å². The number of aryl methyl sites for hydroxylation is 1. The topological polar surface area (TPSA) is 74.8 Å². The molecular formula is C21H30N2O4S. The Kier molecular flexibility index (Phi) is 6.43. The van der Waals surface area contributed by atoms with Crippen LogP contribution in [0.25, 0.3) is 0 Å². The Hall–Kier alpha value is -1.89. The number of carbonyl (C=O) groups excluding carboxylic acids is 2. The number of carbonyl (C=O) groups is 2. The minimum absolute atomic E-state index is 0.00610. The predicted molar refractivity (Wildman–Crippen MR) is 108 cm³/mol. The lowest BCUT2D eigenvalue weighted by Crippen LogP contribution is -2.45. The minimum Gasteiger partial charge on any atom is -0.338 e. The fourth-order valence-electron chi connectivity index (χ4n) is 4.06. The van der Waals surface area contributed by atoms with Crippen LogP contribution in [0.15, 0.2) is 24.3 Å². The number of hydrogen-bond donors (Lipinski definition) is 0. The van der Waals surface area contributed by atoms with Gasteiger partial charge < -0.3 is 9.80 Å². The number of nitrogens with zero attached hydrogens (tertiary/aromatic N) is 2. The lowest BCUT2D eigenvalue weighted by molar-refractivity contribution is -0.137. The Labute approximate surface area is 167 Å².